The molecule has 4 heteroatoms. The van der Waals surface area contributed by atoms with Crippen molar-refractivity contribution in [2.75, 3.05) is 13.1 Å². The van der Waals surface area contributed by atoms with E-state index in [0.717, 1.165) is 37.1 Å². The molecule has 0 aliphatic rings. The minimum absolute atomic E-state index is 0.724. The molecule has 0 unspecified atom stereocenters. The molecule has 3 nitrogen and oxygen atoms in total. The average Bonchev–Trinajstić information content (AvgIpc) is 2.46. The van der Waals surface area contributed by atoms with Crippen LogP contribution in [0.2, 0.25) is 0 Å². The topological polar surface area (TPSA) is 42.1 Å². The molecule has 1 heterocycles. The number of aromatic nitrogens is 1. The van der Waals surface area contributed by atoms with Crippen molar-refractivity contribution in [1.29, 1.82) is 0 Å². The van der Waals surface area contributed by atoms with Gasteiger partial charge in [0.25, 0.3) is 0 Å². The van der Waals surface area contributed by atoms with Gasteiger partial charge < -0.3 is 5.73 Å². The van der Waals surface area contributed by atoms with E-state index < -0.39 is 0 Å². The highest BCUT2D eigenvalue weighted by Gasteiger charge is 2.07. The third-order valence-electron chi connectivity index (χ3n) is 3.10. The van der Waals surface area contributed by atoms with Crippen molar-refractivity contribution in [3.8, 4) is 0 Å². The van der Waals surface area contributed by atoms with Gasteiger partial charge in [0.05, 0.1) is 0 Å². The van der Waals surface area contributed by atoms with Gasteiger partial charge in [0.15, 0.2) is 0 Å². The minimum atomic E-state index is 0.724. The molecule has 0 aliphatic carbocycles. The van der Waals surface area contributed by atoms with Crippen molar-refractivity contribution in [2.24, 2.45) is 5.73 Å². The van der Waals surface area contributed by atoms with Gasteiger partial charge >= 0.3 is 0 Å². The summed E-state index contributed by atoms with van der Waals surface area (Å²) in [5, 5.41) is 0. The Kier molecular flexibility index (Phi) is 6.18. The maximum Gasteiger partial charge on any atom is 0.0312 e. The van der Waals surface area contributed by atoms with Crippen LogP contribution in [-0.4, -0.2) is 23.0 Å². The standard InChI is InChI=1S/C16H20BrN3/c17-16-6-1-4-14(10-16)12-20(9-3-7-18)13-15-5-2-8-19-11-15/h1-2,4-6,8,10-11H,3,7,9,12-13,18H2. The smallest absolute Gasteiger partial charge is 0.0312 e. The van der Waals surface area contributed by atoms with E-state index in [0.29, 0.717) is 0 Å². The second-order valence-corrected chi connectivity index (χ2v) is 5.76. The van der Waals surface area contributed by atoms with Crippen LogP contribution in [0.4, 0.5) is 0 Å². The monoisotopic (exact) mass is 333 g/mol. The van der Waals surface area contributed by atoms with Crippen LogP contribution in [0.3, 0.4) is 0 Å². The predicted octanol–water partition coefficient (Wildman–Crippen LogP) is 3.20. The van der Waals surface area contributed by atoms with Crippen molar-refractivity contribution >= 4 is 15.9 Å². The molecule has 0 fully saturated rings. The van der Waals surface area contributed by atoms with Gasteiger partial charge in [0.1, 0.15) is 0 Å². The van der Waals surface area contributed by atoms with Crippen LogP contribution in [0.15, 0.2) is 53.3 Å². The minimum Gasteiger partial charge on any atom is -0.330 e. The summed E-state index contributed by atoms with van der Waals surface area (Å²) in [6.45, 7) is 3.55. The predicted molar refractivity (Wildman–Crippen MR) is 86.2 cm³/mol. The lowest BCUT2D eigenvalue weighted by Gasteiger charge is -2.22. The number of pyridine rings is 1. The fourth-order valence-electron chi connectivity index (χ4n) is 2.17. The Balaban J connectivity index is 2.03. The quantitative estimate of drug-likeness (QED) is 0.846. The van der Waals surface area contributed by atoms with Crippen LogP contribution in [0.1, 0.15) is 17.5 Å². The zero-order valence-corrected chi connectivity index (χ0v) is 13.1. The van der Waals surface area contributed by atoms with Crippen LogP contribution in [0, 0.1) is 0 Å². The van der Waals surface area contributed by atoms with Crippen LogP contribution >= 0.6 is 15.9 Å². The number of benzene rings is 1. The summed E-state index contributed by atoms with van der Waals surface area (Å²) < 4.78 is 1.12. The van der Waals surface area contributed by atoms with Crippen molar-refractivity contribution < 1.29 is 0 Å². The second-order valence-electron chi connectivity index (χ2n) is 4.84. The third-order valence-corrected chi connectivity index (χ3v) is 3.60. The molecule has 0 saturated carbocycles. The molecule has 1 aromatic heterocycles. The fraction of sp³-hybridized carbons (Fsp3) is 0.312. The lowest BCUT2D eigenvalue weighted by atomic mass is 10.2. The number of hydrogen-bond donors (Lipinski definition) is 1. The Morgan fingerprint density at radius 2 is 1.90 bits per heavy atom. The molecule has 0 spiro atoms. The Bertz CT molecular complexity index is 516. The summed E-state index contributed by atoms with van der Waals surface area (Å²) in [7, 11) is 0. The van der Waals surface area contributed by atoms with Gasteiger partial charge in [-0.3, -0.25) is 9.88 Å². The number of hydrogen-bond acceptors (Lipinski definition) is 3. The maximum absolute atomic E-state index is 5.64. The summed E-state index contributed by atoms with van der Waals surface area (Å²) in [6, 6.07) is 12.5. The third kappa shape index (κ3) is 5.04. The summed E-state index contributed by atoms with van der Waals surface area (Å²) in [4.78, 5) is 6.59. The van der Waals surface area contributed by atoms with Crippen LogP contribution in [-0.2, 0) is 13.1 Å². The van der Waals surface area contributed by atoms with Crippen molar-refractivity contribution in [3.05, 3.63) is 64.4 Å². The highest BCUT2D eigenvalue weighted by molar-refractivity contribution is 9.10. The van der Waals surface area contributed by atoms with Gasteiger partial charge in [-0.05, 0) is 42.3 Å². The van der Waals surface area contributed by atoms with Gasteiger partial charge in [-0.25, -0.2) is 0 Å². The first-order chi connectivity index (χ1) is 9.78. The summed E-state index contributed by atoms with van der Waals surface area (Å²) >= 11 is 3.52. The van der Waals surface area contributed by atoms with E-state index in [1.54, 1.807) is 0 Å². The van der Waals surface area contributed by atoms with Crippen molar-refractivity contribution in [1.82, 2.24) is 9.88 Å². The Morgan fingerprint density at radius 3 is 2.60 bits per heavy atom. The Morgan fingerprint density at radius 1 is 1.10 bits per heavy atom. The summed E-state index contributed by atoms with van der Waals surface area (Å²) in [5.41, 5.74) is 8.18. The van der Waals surface area contributed by atoms with E-state index in [4.69, 9.17) is 5.73 Å². The zero-order chi connectivity index (χ0) is 14.2. The van der Waals surface area contributed by atoms with E-state index in [9.17, 15) is 0 Å². The van der Waals surface area contributed by atoms with Gasteiger partial charge in [0.2, 0.25) is 0 Å². The lowest BCUT2D eigenvalue weighted by molar-refractivity contribution is 0.254. The van der Waals surface area contributed by atoms with Crippen LogP contribution in [0.25, 0.3) is 0 Å². The number of nitrogens with two attached hydrogens (primary N) is 1. The van der Waals surface area contributed by atoms with Gasteiger partial charge in [0, 0.05) is 36.5 Å². The molecule has 1 aromatic carbocycles. The Labute approximate surface area is 129 Å². The first-order valence-corrected chi connectivity index (χ1v) is 7.63. The SMILES string of the molecule is NCCCN(Cc1cccnc1)Cc1cccc(Br)c1. The molecular weight excluding hydrogens is 314 g/mol. The molecule has 0 saturated heterocycles. The van der Waals surface area contributed by atoms with E-state index >= 15 is 0 Å². The molecule has 0 atom stereocenters. The molecule has 0 bridgehead atoms. The normalized spacial score (nSPS) is 10.9. The highest BCUT2D eigenvalue weighted by Crippen LogP contribution is 2.15. The Hall–Kier alpha value is -1.23. The molecule has 2 rings (SSSR count). The van der Waals surface area contributed by atoms with Crippen LogP contribution in [0.5, 0.6) is 0 Å². The molecule has 106 valence electrons. The van der Waals surface area contributed by atoms with Crippen molar-refractivity contribution in [3.63, 3.8) is 0 Å². The summed E-state index contributed by atoms with van der Waals surface area (Å²) in [6.07, 6.45) is 4.74. The average molecular weight is 334 g/mol. The first kappa shape index (κ1) is 15.2. The van der Waals surface area contributed by atoms with E-state index in [1.807, 2.05) is 18.5 Å². The maximum atomic E-state index is 5.64. The fourth-order valence-corrected chi connectivity index (χ4v) is 2.62. The van der Waals surface area contributed by atoms with Crippen molar-refractivity contribution in [2.45, 2.75) is 19.5 Å². The largest absolute Gasteiger partial charge is 0.330 e. The van der Waals surface area contributed by atoms with E-state index in [-0.39, 0.29) is 0 Å². The van der Waals surface area contributed by atoms with E-state index in [1.165, 1.54) is 11.1 Å². The second kappa shape index (κ2) is 8.15. The molecule has 0 aliphatic heterocycles. The lowest BCUT2D eigenvalue weighted by Crippen LogP contribution is -2.25. The zero-order valence-electron chi connectivity index (χ0n) is 11.5. The first-order valence-electron chi connectivity index (χ1n) is 6.83. The number of halogens is 1. The van der Waals surface area contributed by atoms with Gasteiger partial charge in [-0.1, -0.05) is 34.1 Å². The molecule has 2 N–H and O–H groups in total. The number of rotatable bonds is 7. The molecule has 20 heavy (non-hydrogen) atoms. The molecule has 0 amide bonds. The molecule has 0 radical (unpaired) electrons. The van der Waals surface area contributed by atoms with Gasteiger partial charge in [-0.2, -0.15) is 0 Å². The molecular formula is C16H20BrN3. The van der Waals surface area contributed by atoms with E-state index in [2.05, 4.69) is 56.1 Å². The van der Waals surface area contributed by atoms with Gasteiger partial charge in [-0.15, -0.1) is 0 Å². The number of nitrogens with zero attached hydrogens (tertiary/aromatic N) is 2. The summed E-state index contributed by atoms with van der Waals surface area (Å²) in [5.74, 6) is 0. The van der Waals surface area contributed by atoms with Crippen LogP contribution < -0.4 is 5.73 Å². The highest BCUT2D eigenvalue weighted by atomic mass is 79.9. The molecule has 2 aromatic rings.